The molecule has 0 saturated heterocycles. The number of benzene rings is 1. The highest BCUT2D eigenvalue weighted by atomic mass is 32.1. The minimum Gasteiger partial charge on any atom is -0.352 e. The van der Waals surface area contributed by atoms with Crippen LogP contribution in [0.3, 0.4) is 0 Å². The van der Waals surface area contributed by atoms with Gasteiger partial charge in [-0.05, 0) is 63.0 Å². The van der Waals surface area contributed by atoms with Crippen molar-refractivity contribution in [1.29, 1.82) is 0 Å². The molecule has 0 aliphatic carbocycles. The van der Waals surface area contributed by atoms with Crippen molar-refractivity contribution in [2.75, 3.05) is 14.1 Å². The summed E-state index contributed by atoms with van der Waals surface area (Å²) in [5.74, 6) is 0.0678. The first-order valence-electron chi connectivity index (χ1n) is 11.6. The largest absolute Gasteiger partial charge is 0.352 e. The van der Waals surface area contributed by atoms with Crippen molar-refractivity contribution in [2.24, 2.45) is 0 Å². The molecule has 7 nitrogen and oxygen atoms in total. The molecule has 36 heavy (non-hydrogen) atoms. The minimum atomic E-state index is 0.0678. The van der Waals surface area contributed by atoms with Gasteiger partial charge in [0.15, 0.2) is 5.78 Å². The van der Waals surface area contributed by atoms with Crippen LogP contribution in [0.25, 0.3) is 55.0 Å². The standard InChI is InChI=1S/C28H24N6OS/c1-16(35)25-9-10-26(36-25)20-13-29-14-24-19(20)12-23(30-24)28-27-22(32-33-28)8-7-21(31-27)18-6-4-5-17(11-18)15-34(2)3/h4-14,30H,15H2,1-3H3,(H,32,33). The highest BCUT2D eigenvalue weighted by Crippen LogP contribution is 2.36. The Bertz CT molecular complexity index is 1740. The van der Waals surface area contributed by atoms with E-state index in [1.165, 1.54) is 16.9 Å². The fourth-order valence-corrected chi connectivity index (χ4v) is 5.41. The van der Waals surface area contributed by atoms with Crippen molar-refractivity contribution >= 4 is 39.1 Å². The van der Waals surface area contributed by atoms with E-state index in [4.69, 9.17) is 4.98 Å². The Hall–Kier alpha value is -4.14. The fraction of sp³-hybridized carbons (Fsp3) is 0.143. The molecule has 0 bridgehead atoms. The molecule has 5 heterocycles. The number of hydrogen-bond donors (Lipinski definition) is 2. The normalized spacial score (nSPS) is 11.7. The molecule has 178 valence electrons. The van der Waals surface area contributed by atoms with Gasteiger partial charge in [-0.15, -0.1) is 11.3 Å². The van der Waals surface area contributed by atoms with E-state index in [2.05, 4.69) is 69.5 Å². The third-order valence-corrected chi connectivity index (χ3v) is 7.37. The zero-order valence-electron chi connectivity index (χ0n) is 20.2. The van der Waals surface area contributed by atoms with Crippen LogP contribution in [-0.2, 0) is 6.54 Å². The number of H-pyrrole nitrogens is 2. The third kappa shape index (κ3) is 4.00. The van der Waals surface area contributed by atoms with Crippen LogP contribution in [0, 0.1) is 0 Å². The molecule has 1 aromatic carbocycles. The summed E-state index contributed by atoms with van der Waals surface area (Å²) in [6, 6.07) is 18.5. The number of nitrogens with one attached hydrogen (secondary N) is 2. The Labute approximate surface area is 211 Å². The molecule has 0 unspecified atom stereocenters. The number of rotatable bonds is 6. The molecular weight excluding hydrogens is 468 g/mol. The monoisotopic (exact) mass is 492 g/mol. The van der Waals surface area contributed by atoms with Crippen molar-refractivity contribution in [3.8, 4) is 33.1 Å². The summed E-state index contributed by atoms with van der Waals surface area (Å²) < 4.78 is 0. The number of hydrogen-bond acceptors (Lipinski definition) is 6. The van der Waals surface area contributed by atoms with Crippen LogP contribution < -0.4 is 0 Å². The van der Waals surface area contributed by atoms with Gasteiger partial charge in [0.05, 0.1) is 33.5 Å². The molecule has 0 spiro atoms. The van der Waals surface area contributed by atoms with Crippen LogP contribution in [-0.4, -0.2) is 49.9 Å². The van der Waals surface area contributed by atoms with Crippen molar-refractivity contribution in [3.63, 3.8) is 0 Å². The Morgan fingerprint density at radius 3 is 2.72 bits per heavy atom. The summed E-state index contributed by atoms with van der Waals surface area (Å²) in [4.78, 5) is 28.6. The molecule has 0 saturated carbocycles. The first kappa shape index (κ1) is 22.3. The predicted molar refractivity (Wildman–Crippen MR) is 145 cm³/mol. The first-order valence-corrected chi connectivity index (χ1v) is 12.5. The van der Waals surface area contributed by atoms with Gasteiger partial charge in [-0.3, -0.25) is 14.9 Å². The average Bonchev–Trinajstić information content (AvgIpc) is 3.60. The van der Waals surface area contributed by atoms with Crippen molar-refractivity contribution in [1.82, 2.24) is 30.0 Å². The number of thiophene rings is 1. The lowest BCUT2D eigenvalue weighted by Crippen LogP contribution is -2.10. The van der Waals surface area contributed by atoms with Gasteiger partial charge in [-0.1, -0.05) is 18.2 Å². The van der Waals surface area contributed by atoms with Crippen LogP contribution >= 0.6 is 11.3 Å². The molecule has 0 amide bonds. The third-order valence-electron chi connectivity index (χ3n) is 6.15. The summed E-state index contributed by atoms with van der Waals surface area (Å²) in [6.45, 7) is 2.46. The Kier molecular flexibility index (Phi) is 5.47. The number of carbonyl (C=O) groups excluding carboxylic acids is 1. The number of carbonyl (C=O) groups is 1. The Morgan fingerprint density at radius 2 is 1.92 bits per heavy atom. The number of aromatic amines is 2. The second-order valence-electron chi connectivity index (χ2n) is 9.15. The van der Waals surface area contributed by atoms with Gasteiger partial charge in [0.2, 0.25) is 0 Å². The second kappa shape index (κ2) is 8.82. The van der Waals surface area contributed by atoms with E-state index in [1.54, 1.807) is 6.92 Å². The Morgan fingerprint density at radius 1 is 1.03 bits per heavy atom. The molecule has 0 atom stereocenters. The SMILES string of the molecule is CC(=O)c1ccc(-c2cncc3[nH]c(-c4n[nH]c5ccc(-c6cccc(CN(C)C)c6)nc45)cc23)s1. The van der Waals surface area contributed by atoms with Crippen LogP contribution in [0.4, 0.5) is 0 Å². The van der Waals surface area contributed by atoms with Crippen LogP contribution in [0.5, 0.6) is 0 Å². The molecule has 8 heteroatoms. The second-order valence-corrected chi connectivity index (χ2v) is 10.2. The van der Waals surface area contributed by atoms with Crippen molar-refractivity contribution < 1.29 is 4.79 Å². The minimum absolute atomic E-state index is 0.0678. The van der Waals surface area contributed by atoms with E-state index >= 15 is 0 Å². The molecule has 5 aromatic heterocycles. The maximum absolute atomic E-state index is 11.8. The quantitative estimate of drug-likeness (QED) is 0.272. The Balaban J connectivity index is 1.43. The smallest absolute Gasteiger partial charge is 0.169 e. The number of Topliss-reactive ketones (excluding diaryl/α,β-unsaturated/α-hetero) is 1. The van der Waals surface area contributed by atoms with Crippen molar-refractivity contribution in [2.45, 2.75) is 13.5 Å². The van der Waals surface area contributed by atoms with Crippen LogP contribution in [0.1, 0.15) is 22.2 Å². The van der Waals surface area contributed by atoms with E-state index in [0.717, 1.165) is 66.4 Å². The summed E-state index contributed by atoms with van der Waals surface area (Å²) in [5, 5.41) is 8.74. The van der Waals surface area contributed by atoms with Crippen LogP contribution in [0.2, 0.25) is 0 Å². The first-order chi connectivity index (χ1) is 17.5. The predicted octanol–water partition coefficient (Wildman–Crippen LogP) is 6.16. The lowest BCUT2D eigenvalue weighted by molar-refractivity contribution is 0.102. The van der Waals surface area contributed by atoms with Crippen molar-refractivity contribution in [3.05, 3.63) is 77.4 Å². The van der Waals surface area contributed by atoms with Gasteiger partial charge in [-0.25, -0.2) is 4.98 Å². The summed E-state index contributed by atoms with van der Waals surface area (Å²) in [6.07, 6.45) is 3.65. The molecule has 6 aromatic rings. The molecule has 0 aliphatic heterocycles. The van der Waals surface area contributed by atoms with E-state index < -0.39 is 0 Å². The van der Waals surface area contributed by atoms with E-state index in [9.17, 15) is 4.79 Å². The number of aromatic nitrogens is 5. The van der Waals surface area contributed by atoms with Gasteiger partial charge in [0, 0.05) is 34.1 Å². The number of fused-ring (bicyclic) bond motifs is 2. The topological polar surface area (TPSA) is 90.6 Å². The lowest BCUT2D eigenvalue weighted by atomic mass is 10.1. The number of pyridine rings is 2. The highest BCUT2D eigenvalue weighted by Gasteiger charge is 2.17. The average molecular weight is 493 g/mol. The summed E-state index contributed by atoms with van der Waals surface area (Å²) in [7, 11) is 4.13. The zero-order chi connectivity index (χ0) is 24.8. The van der Waals surface area contributed by atoms with E-state index in [-0.39, 0.29) is 5.78 Å². The van der Waals surface area contributed by atoms with Gasteiger partial charge in [-0.2, -0.15) is 5.10 Å². The van der Waals surface area contributed by atoms with Gasteiger partial charge in [0.25, 0.3) is 0 Å². The lowest BCUT2D eigenvalue weighted by Gasteiger charge is -2.10. The van der Waals surface area contributed by atoms with E-state index in [0.29, 0.717) is 0 Å². The maximum Gasteiger partial charge on any atom is 0.169 e. The highest BCUT2D eigenvalue weighted by molar-refractivity contribution is 7.17. The molecule has 2 N–H and O–H groups in total. The van der Waals surface area contributed by atoms with Crippen LogP contribution in [0.15, 0.2) is 67.0 Å². The van der Waals surface area contributed by atoms with Gasteiger partial charge >= 0.3 is 0 Å². The number of ketones is 1. The van der Waals surface area contributed by atoms with E-state index in [1.807, 2.05) is 36.7 Å². The molecular formula is C28H24N6OS. The zero-order valence-corrected chi connectivity index (χ0v) is 21.0. The fourth-order valence-electron chi connectivity index (χ4n) is 4.49. The summed E-state index contributed by atoms with van der Waals surface area (Å²) in [5.41, 5.74) is 8.41. The molecule has 6 rings (SSSR count). The molecule has 0 aliphatic rings. The van der Waals surface area contributed by atoms with Gasteiger partial charge < -0.3 is 9.88 Å². The maximum atomic E-state index is 11.8. The summed E-state index contributed by atoms with van der Waals surface area (Å²) >= 11 is 1.48. The molecule has 0 fully saturated rings. The molecule has 0 radical (unpaired) electrons. The van der Waals surface area contributed by atoms with Gasteiger partial charge in [0.1, 0.15) is 11.2 Å². The number of nitrogens with zero attached hydrogens (tertiary/aromatic N) is 4.